The zero-order valence-corrected chi connectivity index (χ0v) is 13.0. The SMILES string of the molecule is CCCC(=O)OC1CCCC(CC(=O)C(C)(C)C)C1=O. The third kappa shape index (κ3) is 4.73. The average molecular weight is 282 g/mol. The Morgan fingerprint density at radius 3 is 2.45 bits per heavy atom. The Morgan fingerprint density at radius 2 is 1.90 bits per heavy atom. The molecule has 0 aliphatic heterocycles. The van der Waals surface area contributed by atoms with Gasteiger partial charge < -0.3 is 4.74 Å². The third-order valence-corrected chi connectivity index (χ3v) is 3.73. The smallest absolute Gasteiger partial charge is 0.306 e. The van der Waals surface area contributed by atoms with E-state index in [1.165, 1.54) is 0 Å². The standard InChI is InChI=1S/C16H26O4/c1-5-7-14(18)20-12-9-6-8-11(15(12)19)10-13(17)16(2,3)4/h11-12H,5-10H2,1-4H3. The quantitative estimate of drug-likeness (QED) is 0.727. The van der Waals surface area contributed by atoms with Crippen molar-refractivity contribution in [1.29, 1.82) is 0 Å². The fourth-order valence-corrected chi connectivity index (χ4v) is 2.37. The van der Waals surface area contributed by atoms with E-state index in [9.17, 15) is 14.4 Å². The molecule has 4 heteroatoms. The first-order valence-corrected chi connectivity index (χ1v) is 7.52. The number of ketones is 2. The molecule has 0 aromatic carbocycles. The van der Waals surface area contributed by atoms with Gasteiger partial charge in [-0.05, 0) is 25.7 Å². The zero-order chi connectivity index (χ0) is 15.3. The van der Waals surface area contributed by atoms with Crippen molar-refractivity contribution in [3.8, 4) is 0 Å². The monoisotopic (exact) mass is 282 g/mol. The Labute approximate surface area is 121 Å². The van der Waals surface area contributed by atoms with Crippen molar-refractivity contribution in [2.45, 2.75) is 72.3 Å². The lowest BCUT2D eigenvalue weighted by molar-refractivity contribution is -0.159. The highest BCUT2D eigenvalue weighted by atomic mass is 16.5. The lowest BCUT2D eigenvalue weighted by Crippen LogP contribution is -2.38. The summed E-state index contributed by atoms with van der Waals surface area (Å²) < 4.78 is 5.24. The summed E-state index contributed by atoms with van der Waals surface area (Å²) in [6, 6.07) is 0. The number of Topliss-reactive ketones (excluding diaryl/α,β-unsaturated/α-hetero) is 2. The molecule has 114 valence electrons. The Kier molecular flexibility index (Phi) is 5.90. The minimum atomic E-state index is -0.638. The van der Waals surface area contributed by atoms with E-state index in [-0.39, 0.29) is 29.9 Å². The van der Waals surface area contributed by atoms with Crippen LogP contribution in [0.1, 0.15) is 66.2 Å². The lowest BCUT2D eigenvalue weighted by atomic mass is 9.78. The van der Waals surface area contributed by atoms with Gasteiger partial charge in [-0.2, -0.15) is 0 Å². The van der Waals surface area contributed by atoms with Crippen LogP contribution in [0, 0.1) is 11.3 Å². The summed E-state index contributed by atoms with van der Waals surface area (Å²) in [6.45, 7) is 7.49. The first-order chi connectivity index (χ1) is 9.25. The van der Waals surface area contributed by atoms with Crippen LogP contribution < -0.4 is 0 Å². The van der Waals surface area contributed by atoms with Crippen LogP contribution in [0.3, 0.4) is 0 Å². The number of hydrogen-bond donors (Lipinski definition) is 0. The number of carbonyl (C=O) groups excluding carboxylic acids is 3. The molecular formula is C16H26O4. The number of carbonyl (C=O) groups is 3. The summed E-state index contributed by atoms with van der Waals surface area (Å²) in [7, 11) is 0. The molecule has 1 aliphatic carbocycles. The van der Waals surface area contributed by atoms with Gasteiger partial charge in [0.1, 0.15) is 5.78 Å². The Morgan fingerprint density at radius 1 is 1.25 bits per heavy atom. The van der Waals surface area contributed by atoms with Crippen molar-refractivity contribution in [2.75, 3.05) is 0 Å². The van der Waals surface area contributed by atoms with Crippen LogP contribution >= 0.6 is 0 Å². The predicted octanol–water partition coefficient (Wildman–Crippen LogP) is 3.07. The Hall–Kier alpha value is -1.19. The van der Waals surface area contributed by atoms with Crippen molar-refractivity contribution in [3.63, 3.8) is 0 Å². The topological polar surface area (TPSA) is 60.4 Å². The molecule has 2 unspecified atom stereocenters. The predicted molar refractivity (Wildman–Crippen MR) is 76.2 cm³/mol. The van der Waals surface area contributed by atoms with Crippen LogP contribution in [0.5, 0.6) is 0 Å². The van der Waals surface area contributed by atoms with Gasteiger partial charge in [-0.3, -0.25) is 14.4 Å². The van der Waals surface area contributed by atoms with Gasteiger partial charge in [0.05, 0.1) is 0 Å². The van der Waals surface area contributed by atoms with E-state index in [4.69, 9.17) is 4.74 Å². The molecule has 0 radical (unpaired) electrons. The highest BCUT2D eigenvalue weighted by Crippen LogP contribution is 2.29. The molecule has 20 heavy (non-hydrogen) atoms. The maximum atomic E-state index is 12.3. The van der Waals surface area contributed by atoms with Crippen molar-refractivity contribution in [2.24, 2.45) is 11.3 Å². The molecule has 2 atom stereocenters. The van der Waals surface area contributed by atoms with Crippen LogP contribution in [0.2, 0.25) is 0 Å². The van der Waals surface area contributed by atoms with Crippen LogP contribution in [-0.2, 0) is 19.1 Å². The molecular weight excluding hydrogens is 256 g/mol. The Bertz CT molecular complexity index is 378. The average Bonchev–Trinajstić information content (AvgIpc) is 2.33. The summed E-state index contributed by atoms with van der Waals surface area (Å²) in [5.74, 6) is -0.571. The second kappa shape index (κ2) is 7.00. The van der Waals surface area contributed by atoms with Gasteiger partial charge in [0, 0.05) is 24.2 Å². The van der Waals surface area contributed by atoms with Crippen molar-refractivity contribution < 1.29 is 19.1 Å². The van der Waals surface area contributed by atoms with E-state index in [2.05, 4.69) is 0 Å². The minimum absolute atomic E-state index is 0.0710. The summed E-state index contributed by atoms with van der Waals surface area (Å²) in [4.78, 5) is 35.9. The van der Waals surface area contributed by atoms with Gasteiger partial charge in [0.25, 0.3) is 0 Å². The van der Waals surface area contributed by atoms with E-state index in [1.807, 2.05) is 27.7 Å². The number of ether oxygens (including phenoxy) is 1. The molecule has 4 nitrogen and oxygen atoms in total. The molecule has 1 saturated carbocycles. The molecule has 0 bridgehead atoms. The fourth-order valence-electron chi connectivity index (χ4n) is 2.37. The van der Waals surface area contributed by atoms with Crippen molar-refractivity contribution in [1.82, 2.24) is 0 Å². The van der Waals surface area contributed by atoms with Crippen LogP contribution in [0.25, 0.3) is 0 Å². The first-order valence-electron chi connectivity index (χ1n) is 7.52. The van der Waals surface area contributed by atoms with Crippen molar-refractivity contribution in [3.05, 3.63) is 0 Å². The lowest BCUT2D eigenvalue weighted by Gasteiger charge is -2.29. The fraction of sp³-hybridized carbons (Fsp3) is 0.812. The third-order valence-electron chi connectivity index (χ3n) is 3.73. The largest absolute Gasteiger partial charge is 0.454 e. The van der Waals surface area contributed by atoms with Gasteiger partial charge in [-0.1, -0.05) is 27.7 Å². The number of esters is 1. The molecule has 0 saturated heterocycles. The van der Waals surface area contributed by atoms with E-state index < -0.39 is 11.5 Å². The second-order valence-corrected chi connectivity index (χ2v) is 6.64. The Balaban J connectivity index is 2.60. The first kappa shape index (κ1) is 16.9. The van der Waals surface area contributed by atoms with Gasteiger partial charge in [0.15, 0.2) is 11.9 Å². The molecule has 1 aliphatic rings. The molecule has 0 aromatic rings. The summed E-state index contributed by atoms with van der Waals surface area (Å²) in [6.07, 6.45) is 2.83. The number of rotatable bonds is 5. The van der Waals surface area contributed by atoms with Gasteiger partial charge >= 0.3 is 5.97 Å². The van der Waals surface area contributed by atoms with E-state index >= 15 is 0 Å². The van der Waals surface area contributed by atoms with E-state index in [1.54, 1.807) is 0 Å². The zero-order valence-electron chi connectivity index (χ0n) is 13.0. The maximum Gasteiger partial charge on any atom is 0.306 e. The molecule has 1 rings (SSSR count). The molecule has 0 aromatic heterocycles. The van der Waals surface area contributed by atoms with E-state index in [0.717, 1.165) is 12.8 Å². The number of hydrogen-bond acceptors (Lipinski definition) is 4. The summed E-state index contributed by atoms with van der Waals surface area (Å²) in [5.41, 5.74) is -0.424. The molecule has 0 N–H and O–H groups in total. The minimum Gasteiger partial charge on any atom is -0.454 e. The summed E-state index contributed by atoms with van der Waals surface area (Å²) in [5, 5.41) is 0. The van der Waals surface area contributed by atoms with Crippen LogP contribution in [0.4, 0.5) is 0 Å². The van der Waals surface area contributed by atoms with Gasteiger partial charge in [-0.15, -0.1) is 0 Å². The second-order valence-electron chi connectivity index (χ2n) is 6.64. The highest BCUT2D eigenvalue weighted by molar-refractivity contribution is 5.93. The van der Waals surface area contributed by atoms with E-state index in [0.29, 0.717) is 19.3 Å². The normalized spacial score (nSPS) is 23.5. The van der Waals surface area contributed by atoms with Crippen LogP contribution in [0.15, 0.2) is 0 Å². The maximum absolute atomic E-state index is 12.3. The summed E-state index contributed by atoms with van der Waals surface area (Å²) >= 11 is 0. The van der Waals surface area contributed by atoms with Crippen molar-refractivity contribution >= 4 is 17.5 Å². The molecule has 1 fully saturated rings. The van der Waals surface area contributed by atoms with Crippen LogP contribution in [-0.4, -0.2) is 23.6 Å². The van der Waals surface area contributed by atoms with Gasteiger partial charge in [-0.25, -0.2) is 0 Å². The molecule has 0 spiro atoms. The van der Waals surface area contributed by atoms with Gasteiger partial charge in [0.2, 0.25) is 0 Å². The molecule has 0 amide bonds. The highest BCUT2D eigenvalue weighted by Gasteiger charge is 2.36. The molecule has 0 heterocycles.